The van der Waals surface area contributed by atoms with Gasteiger partial charge in [0, 0.05) is 51.0 Å². The fourth-order valence-electron chi connectivity index (χ4n) is 5.16. The first-order chi connectivity index (χ1) is 17.5. The summed E-state index contributed by atoms with van der Waals surface area (Å²) in [5.74, 6) is 0.526. The summed E-state index contributed by atoms with van der Waals surface area (Å²) in [7, 11) is 3.19. The van der Waals surface area contributed by atoms with E-state index in [2.05, 4.69) is 16.7 Å². The Balaban J connectivity index is 1.64. The molecule has 1 aliphatic heterocycles. The number of dihydropyridines is 1. The Labute approximate surface area is 214 Å². The number of rotatable bonds is 6. The lowest BCUT2D eigenvalue weighted by Gasteiger charge is -2.37. The SMILES string of the molecule is COc1ccc(OC)c([C@H]2C(C(=O)Nc3ccccc3)=C(C)NC3=C2C(=O)C[C@@H](c2cccs2)C3)c1. The number of Topliss-reactive ketones (excluding diaryl/α,β-unsaturated/α-hetero) is 1. The summed E-state index contributed by atoms with van der Waals surface area (Å²) >= 11 is 1.67. The molecule has 0 unspecified atom stereocenters. The van der Waals surface area contributed by atoms with Crippen LogP contribution >= 0.6 is 11.3 Å². The van der Waals surface area contributed by atoms with Crippen molar-refractivity contribution in [1.82, 2.24) is 5.32 Å². The van der Waals surface area contributed by atoms with Crippen molar-refractivity contribution in [3.8, 4) is 11.5 Å². The van der Waals surface area contributed by atoms with Crippen molar-refractivity contribution in [3.63, 3.8) is 0 Å². The number of ether oxygens (including phenoxy) is 2. The summed E-state index contributed by atoms with van der Waals surface area (Å²) in [5.41, 5.74) is 4.12. The standard InChI is InChI=1S/C29H28N2O4S/c1-17-26(29(33)31-19-8-5-4-6-9-19)27(21-16-20(34-2)11-12-24(21)35-3)28-22(30-17)14-18(15-23(28)32)25-10-7-13-36-25/h4-13,16,18,27,30H,14-15H2,1-3H3,(H,31,33)/t18-,27-/m0/s1. The molecule has 36 heavy (non-hydrogen) atoms. The Morgan fingerprint density at radius 1 is 1.03 bits per heavy atom. The van der Waals surface area contributed by atoms with E-state index in [0.717, 1.165) is 17.0 Å². The van der Waals surface area contributed by atoms with Crippen molar-refractivity contribution < 1.29 is 19.1 Å². The van der Waals surface area contributed by atoms with E-state index < -0.39 is 5.92 Å². The van der Waals surface area contributed by atoms with Gasteiger partial charge in [0.1, 0.15) is 11.5 Å². The predicted molar refractivity (Wildman–Crippen MR) is 142 cm³/mol. The van der Waals surface area contributed by atoms with E-state index in [0.29, 0.717) is 41.2 Å². The van der Waals surface area contributed by atoms with E-state index in [1.807, 2.05) is 66.9 Å². The second-order valence-corrected chi connectivity index (χ2v) is 9.94. The van der Waals surface area contributed by atoms with Crippen LogP contribution in [-0.4, -0.2) is 25.9 Å². The normalized spacial score (nSPS) is 19.5. The van der Waals surface area contributed by atoms with Gasteiger partial charge >= 0.3 is 0 Å². The number of methoxy groups -OCH3 is 2. The molecular formula is C29H28N2O4S. The highest BCUT2D eigenvalue weighted by molar-refractivity contribution is 7.10. The number of amides is 1. The Morgan fingerprint density at radius 3 is 2.53 bits per heavy atom. The van der Waals surface area contributed by atoms with Crippen molar-refractivity contribution in [1.29, 1.82) is 0 Å². The molecule has 2 heterocycles. The van der Waals surface area contributed by atoms with E-state index in [1.165, 1.54) is 4.88 Å². The molecular weight excluding hydrogens is 472 g/mol. The highest BCUT2D eigenvalue weighted by Gasteiger charge is 2.42. The molecule has 1 aliphatic carbocycles. The molecule has 0 saturated carbocycles. The van der Waals surface area contributed by atoms with E-state index in [-0.39, 0.29) is 17.6 Å². The molecule has 1 aromatic heterocycles. The minimum atomic E-state index is -0.591. The molecule has 2 N–H and O–H groups in total. The summed E-state index contributed by atoms with van der Waals surface area (Å²) in [4.78, 5) is 28.7. The van der Waals surface area contributed by atoms with Gasteiger partial charge in [0.2, 0.25) is 0 Å². The van der Waals surface area contributed by atoms with E-state index >= 15 is 0 Å². The molecule has 0 bridgehead atoms. The zero-order chi connectivity index (χ0) is 25.2. The molecule has 184 valence electrons. The number of thiophene rings is 1. The maximum Gasteiger partial charge on any atom is 0.254 e. The van der Waals surface area contributed by atoms with Gasteiger partial charge in [-0.05, 0) is 55.1 Å². The number of hydrogen-bond acceptors (Lipinski definition) is 6. The largest absolute Gasteiger partial charge is 0.497 e. The summed E-state index contributed by atoms with van der Waals surface area (Å²) in [6, 6.07) is 18.9. The van der Waals surface area contributed by atoms with Crippen molar-refractivity contribution in [2.24, 2.45) is 0 Å². The minimum absolute atomic E-state index is 0.0366. The van der Waals surface area contributed by atoms with Crippen LogP contribution in [0.25, 0.3) is 0 Å². The van der Waals surface area contributed by atoms with E-state index in [9.17, 15) is 9.59 Å². The van der Waals surface area contributed by atoms with Crippen LogP contribution in [0.1, 0.15) is 42.0 Å². The van der Waals surface area contributed by atoms with Gasteiger partial charge in [-0.3, -0.25) is 9.59 Å². The van der Waals surface area contributed by atoms with Crippen LogP contribution in [0.5, 0.6) is 11.5 Å². The fourth-order valence-corrected chi connectivity index (χ4v) is 5.99. The number of hydrogen-bond donors (Lipinski definition) is 2. The second kappa shape index (κ2) is 10.0. The van der Waals surface area contributed by atoms with Gasteiger partial charge in [-0.25, -0.2) is 0 Å². The molecule has 7 heteroatoms. The third-order valence-corrected chi connectivity index (χ3v) is 7.83. The van der Waals surface area contributed by atoms with Crippen LogP contribution in [0.4, 0.5) is 5.69 Å². The van der Waals surface area contributed by atoms with Crippen LogP contribution in [-0.2, 0) is 9.59 Å². The second-order valence-electron chi connectivity index (χ2n) is 8.96. The van der Waals surface area contributed by atoms with Crippen molar-refractivity contribution >= 4 is 28.7 Å². The van der Waals surface area contributed by atoms with Crippen LogP contribution in [0.2, 0.25) is 0 Å². The molecule has 0 radical (unpaired) electrons. The molecule has 6 nitrogen and oxygen atoms in total. The Bertz CT molecular complexity index is 1360. The molecule has 2 aromatic carbocycles. The summed E-state index contributed by atoms with van der Waals surface area (Å²) < 4.78 is 11.2. The Hall–Kier alpha value is -3.84. The molecule has 1 amide bonds. The highest BCUT2D eigenvalue weighted by Crippen LogP contribution is 2.48. The van der Waals surface area contributed by atoms with Gasteiger partial charge in [-0.2, -0.15) is 0 Å². The number of ketones is 1. The van der Waals surface area contributed by atoms with Crippen LogP contribution in [0.3, 0.4) is 0 Å². The lowest BCUT2D eigenvalue weighted by Crippen LogP contribution is -2.37. The van der Waals surface area contributed by atoms with Gasteiger partial charge in [-0.15, -0.1) is 11.3 Å². The summed E-state index contributed by atoms with van der Waals surface area (Å²) in [6.45, 7) is 1.89. The van der Waals surface area contributed by atoms with Gasteiger partial charge in [-0.1, -0.05) is 24.3 Å². The number of benzene rings is 2. The summed E-state index contributed by atoms with van der Waals surface area (Å²) in [6.07, 6.45) is 1.10. The van der Waals surface area contributed by atoms with Gasteiger partial charge in [0.05, 0.1) is 20.1 Å². The monoisotopic (exact) mass is 500 g/mol. The van der Waals surface area contributed by atoms with Crippen molar-refractivity contribution in [2.75, 3.05) is 19.5 Å². The predicted octanol–water partition coefficient (Wildman–Crippen LogP) is 5.77. The molecule has 2 atom stereocenters. The Kier molecular flexibility index (Phi) is 6.65. The van der Waals surface area contributed by atoms with Crippen molar-refractivity contribution in [3.05, 3.63) is 99.0 Å². The molecule has 0 saturated heterocycles. The average Bonchev–Trinajstić information content (AvgIpc) is 3.43. The van der Waals surface area contributed by atoms with Gasteiger partial charge in [0.15, 0.2) is 5.78 Å². The lowest BCUT2D eigenvalue weighted by molar-refractivity contribution is -0.116. The quantitative estimate of drug-likeness (QED) is 0.450. The summed E-state index contributed by atoms with van der Waals surface area (Å²) in [5, 5.41) is 8.48. The maximum absolute atomic E-state index is 13.8. The number of anilines is 1. The maximum atomic E-state index is 13.8. The number of allylic oxidation sites excluding steroid dienone is 3. The van der Waals surface area contributed by atoms with E-state index in [4.69, 9.17) is 9.47 Å². The van der Waals surface area contributed by atoms with Gasteiger partial charge in [0.25, 0.3) is 5.91 Å². The first kappa shape index (κ1) is 23.9. The third kappa shape index (κ3) is 4.42. The smallest absolute Gasteiger partial charge is 0.254 e. The highest BCUT2D eigenvalue weighted by atomic mass is 32.1. The zero-order valence-electron chi connectivity index (χ0n) is 20.5. The van der Waals surface area contributed by atoms with Gasteiger partial charge < -0.3 is 20.1 Å². The lowest BCUT2D eigenvalue weighted by atomic mass is 9.72. The Morgan fingerprint density at radius 2 is 1.83 bits per heavy atom. The molecule has 0 fully saturated rings. The first-order valence-corrected chi connectivity index (χ1v) is 12.7. The number of para-hydroxylation sites is 1. The molecule has 3 aromatic rings. The minimum Gasteiger partial charge on any atom is -0.497 e. The zero-order valence-corrected chi connectivity index (χ0v) is 21.3. The van der Waals surface area contributed by atoms with Crippen LogP contribution in [0, 0.1) is 0 Å². The molecule has 2 aliphatic rings. The fraction of sp³-hybridized carbons (Fsp3) is 0.241. The first-order valence-electron chi connectivity index (χ1n) is 11.9. The molecule has 5 rings (SSSR count). The third-order valence-electron chi connectivity index (χ3n) is 6.80. The topological polar surface area (TPSA) is 76.7 Å². The number of carbonyl (C=O) groups is 2. The molecule has 0 spiro atoms. The van der Waals surface area contributed by atoms with Crippen LogP contribution in [0.15, 0.2) is 88.6 Å². The van der Waals surface area contributed by atoms with Crippen LogP contribution < -0.4 is 20.1 Å². The number of carbonyl (C=O) groups excluding carboxylic acids is 2. The van der Waals surface area contributed by atoms with Crippen molar-refractivity contribution in [2.45, 2.75) is 31.6 Å². The van der Waals surface area contributed by atoms with E-state index in [1.54, 1.807) is 25.6 Å². The number of nitrogens with one attached hydrogen (secondary N) is 2. The average molecular weight is 501 g/mol.